The molecule has 2 aliphatic rings. The molecular weight excluding hydrogens is 316 g/mol. The van der Waals surface area contributed by atoms with E-state index in [1.807, 2.05) is 18.2 Å². The Morgan fingerprint density at radius 1 is 1.12 bits per heavy atom. The Hall–Kier alpha value is -2.30. The summed E-state index contributed by atoms with van der Waals surface area (Å²) in [4.78, 5) is 25.4. The van der Waals surface area contributed by atoms with Gasteiger partial charge in [0.1, 0.15) is 5.75 Å². The summed E-state index contributed by atoms with van der Waals surface area (Å²) in [5.41, 5.74) is 5.98. The van der Waals surface area contributed by atoms with E-state index >= 15 is 0 Å². The lowest BCUT2D eigenvalue weighted by Gasteiger charge is -2.28. The van der Waals surface area contributed by atoms with Crippen molar-refractivity contribution in [3.05, 3.63) is 35.9 Å². The molecule has 1 aromatic carbocycles. The summed E-state index contributed by atoms with van der Waals surface area (Å²) < 4.78 is 5.23. The van der Waals surface area contributed by atoms with Crippen molar-refractivity contribution in [2.45, 2.75) is 44.6 Å². The van der Waals surface area contributed by atoms with Gasteiger partial charge in [-0.15, -0.1) is 0 Å². The smallest absolute Gasteiger partial charge is 0.255 e. The van der Waals surface area contributed by atoms with Crippen LogP contribution in [-0.4, -0.2) is 35.9 Å². The van der Waals surface area contributed by atoms with Gasteiger partial charge in [-0.2, -0.15) is 0 Å². The highest BCUT2D eigenvalue weighted by Crippen LogP contribution is 2.35. The van der Waals surface area contributed by atoms with E-state index in [0.29, 0.717) is 17.7 Å². The van der Waals surface area contributed by atoms with Crippen molar-refractivity contribution < 1.29 is 14.3 Å². The van der Waals surface area contributed by atoms with Crippen LogP contribution >= 0.6 is 0 Å². The largest absolute Gasteiger partial charge is 0.484 e. The summed E-state index contributed by atoms with van der Waals surface area (Å²) in [5, 5.41) is 0. The first kappa shape index (κ1) is 17.5. The van der Waals surface area contributed by atoms with Crippen LogP contribution in [0.2, 0.25) is 0 Å². The van der Waals surface area contributed by atoms with Crippen LogP contribution in [0.15, 0.2) is 30.3 Å². The average Bonchev–Trinajstić information content (AvgIpc) is 3.29. The summed E-state index contributed by atoms with van der Waals surface area (Å²) in [6.45, 7) is 0.745. The standard InChI is InChI=1S/C20H26N2O3/c21-19(23)14-25-17-10-7-15(8-11-17)9-12-20(24)22-13-3-6-18(22)16-4-1-2-5-16/h7-12,16,18H,1-6,13-14H2,(H2,21,23). The zero-order chi connectivity index (χ0) is 17.6. The number of carbonyl (C=O) groups is 2. The Kier molecular flexibility index (Phi) is 5.74. The zero-order valence-corrected chi connectivity index (χ0v) is 14.5. The van der Waals surface area contributed by atoms with Gasteiger partial charge in [0.2, 0.25) is 5.91 Å². The van der Waals surface area contributed by atoms with Crippen LogP contribution in [0.5, 0.6) is 5.75 Å². The van der Waals surface area contributed by atoms with Gasteiger partial charge in [0.25, 0.3) is 5.91 Å². The van der Waals surface area contributed by atoms with Gasteiger partial charge >= 0.3 is 0 Å². The Labute approximate surface area is 148 Å². The second-order valence-electron chi connectivity index (χ2n) is 6.94. The Balaban J connectivity index is 1.57. The molecule has 0 radical (unpaired) electrons. The molecule has 1 heterocycles. The van der Waals surface area contributed by atoms with Gasteiger partial charge < -0.3 is 15.4 Å². The van der Waals surface area contributed by atoms with E-state index in [-0.39, 0.29) is 12.5 Å². The number of ether oxygens (including phenoxy) is 1. The van der Waals surface area contributed by atoms with Gasteiger partial charge in [0, 0.05) is 18.7 Å². The normalized spacial score (nSPS) is 21.1. The fourth-order valence-corrected chi connectivity index (χ4v) is 3.99. The highest BCUT2D eigenvalue weighted by atomic mass is 16.5. The molecule has 3 rings (SSSR count). The first-order chi connectivity index (χ1) is 12.1. The highest BCUT2D eigenvalue weighted by molar-refractivity contribution is 5.92. The third-order valence-corrected chi connectivity index (χ3v) is 5.21. The first-order valence-electron chi connectivity index (χ1n) is 9.13. The number of amides is 2. The summed E-state index contributed by atoms with van der Waals surface area (Å²) in [6, 6.07) is 7.69. The van der Waals surface area contributed by atoms with Crippen molar-refractivity contribution in [2.24, 2.45) is 11.7 Å². The van der Waals surface area contributed by atoms with Crippen LogP contribution in [0.1, 0.15) is 44.1 Å². The summed E-state index contributed by atoms with van der Waals surface area (Å²) >= 11 is 0. The highest BCUT2D eigenvalue weighted by Gasteiger charge is 2.34. The maximum absolute atomic E-state index is 12.6. The number of rotatable bonds is 6. The molecule has 134 valence electrons. The molecule has 0 spiro atoms. The van der Waals surface area contributed by atoms with E-state index in [4.69, 9.17) is 10.5 Å². The third-order valence-electron chi connectivity index (χ3n) is 5.21. The lowest BCUT2D eigenvalue weighted by atomic mass is 9.96. The monoisotopic (exact) mass is 342 g/mol. The Morgan fingerprint density at radius 2 is 1.84 bits per heavy atom. The quantitative estimate of drug-likeness (QED) is 0.808. The molecule has 1 atom stereocenters. The van der Waals surface area contributed by atoms with Crippen LogP contribution in [-0.2, 0) is 9.59 Å². The van der Waals surface area contributed by atoms with Crippen molar-refractivity contribution >= 4 is 17.9 Å². The van der Waals surface area contributed by atoms with Crippen LogP contribution < -0.4 is 10.5 Å². The predicted octanol–water partition coefficient (Wildman–Crippen LogP) is 2.75. The van der Waals surface area contributed by atoms with Crippen LogP contribution in [0, 0.1) is 5.92 Å². The van der Waals surface area contributed by atoms with Gasteiger partial charge in [0.05, 0.1) is 0 Å². The van der Waals surface area contributed by atoms with Gasteiger partial charge in [-0.3, -0.25) is 9.59 Å². The van der Waals surface area contributed by atoms with Crippen molar-refractivity contribution in [2.75, 3.05) is 13.2 Å². The van der Waals surface area contributed by atoms with Crippen molar-refractivity contribution in [3.63, 3.8) is 0 Å². The molecule has 0 aromatic heterocycles. The SMILES string of the molecule is NC(=O)COc1ccc(C=CC(=O)N2CCCC2C2CCCC2)cc1. The number of likely N-dealkylation sites (tertiary alicyclic amines) is 1. The summed E-state index contributed by atoms with van der Waals surface area (Å²) in [5.74, 6) is 0.894. The molecule has 2 amide bonds. The fourth-order valence-electron chi connectivity index (χ4n) is 3.99. The fraction of sp³-hybridized carbons (Fsp3) is 0.500. The summed E-state index contributed by atoms with van der Waals surface area (Å²) in [7, 11) is 0. The third kappa shape index (κ3) is 4.62. The van der Waals surface area contributed by atoms with E-state index in [1.54, 1.807) is 18.2 Å². The molecular formula is C20H26N2O3. The van der Waals surface area contributed by atoms with Gasteiger partial charge in [-0.25, -0.2) is 0 Å². The number of nitrogens with two attached hydrogens (primary N) is 1. The Bertz CT molecular complexity index is 633. The number of primary amides is 1. The number of benzene rings is 1. The number of hydrogen-bond donors (Lipinski definition) is 1. The van der Waals surface area contributed by atoms with Gasteiger partial charge in [0.15, 0.2) is 6.61 Å². The minimum absolute atomic E-state index is 0.114. The van der Waals surface area contributed by atoms with E-state index in [2.05, 4.69) is 4.90 Å². The first-order valence-corrected chi connectivity index (χ1v) is 9.13. The number of hydrogen-bond acceptors (Lipinski definition) is 3. The van der Waals surface area contributed by atoms with Crippen molar-refractivity contribution in [1.82, 2.24) is 4.90 Å². The molecule has 2 N–H and O–H groups in total. The number of nitrogens with zero attached hydrogens (tertiary/aromatic N) is 1. The minimum Gasteiger partial charge on any atom is -0.484 e. The molecule has 0 bridgehead atoms. The molecule has 5 nitrogen and oxygen atoms in total. The number of carbonyl (C=O) groups excluding carboxylic acids is 2. The second kappa shape index (κ2) is 8.19. The molecule has 2 fully saturated rings. The topological polar surface area (TPSA) is 72.6 Å². The Morgan fingerprint density at radius 3 is 2.52 bits per heavy atom. The van der Waals surface area contributed by atoms with Crippen LogP contribution in [0.25, 0.3) is 6.08 Å². The van der Waals surface area contributed by atoms with Gasteiger partial charge in [-0.05, 0) is 55.4 Å². The van der Waals surface area contributed by atoms with Crippen molar-refractivity contribution in [3.8, 4) is 5.75 Å². The van der Waals surface area contributed by atoms with E-state index < -0.39 is 5.91 Å². The van der Waals surface area contributed by atoms with E-state index in [9.17, 15) is 9.59 Å². The lowest BCUT2D eigenvalue weighted by molar-refractivity contribution is -0.127. The maximum atomic E-state index is 12.6. The molecule has 1 aliphatic carbocycles. The maximum Gasteiger partial charge on any atom is 0.255 e. The zero-order valence-electron chi connectivity index (χ0n) is 14.5. The molecule has 1 saturated heterocycles. The van der Waals surface area contributed by atoms with Crippen molar-refractivity contribution in [1.29, 1.82) is 0 Å². The lowest BCUT2D eigenvalue weighted by Crippen LogP contribution is -2.38. The van der Waals surface area contributed by atoms with E-state index in [1.165, 1.54) is 25.7 Å². The average molecular weight is 342 g/mol. The molecule has 25 heavy (non-hydrogen) atoms. The minimum atomic E-state index is -0.503. The predicted molar refractivity (Wildman–Crippen MR) is 96.9 cm³/mol. The molecule has 1 aromatic rings. The molecule has 1 unspecified atom stereocenters. The molecule has 1 saturated carbocycles. The molecule has 5 heteroatoms. The van der Waals surface area contributed by atoms with Crippen LogP contribution in [0.4, 0.5) is 0 Å². The summed E-state index contributed by atoms with van der Waals surface area (Å²) in [6.07, 6.45) is 10.9. The van der Waals surface area contributed by atoms with Crippen LogP contribution in [0.3, 0.4) is 0 Å². The van der Waals surface area contributed by atoms with E-state index in [0.717, 1.165) is 24.9 Å². The van der Waals surface area contributed by atoms with Gasteiger partial charge in [-0.1, -0.05) is 25.0 Å². The second-order valence-corrected chi connectivity index (χ2v) is 6.94. The molecule has 1 aliphatic heterocycles.